The predicted molar refractivity (Wildman–Crippen MR) is 80.8 cm³/mol. The number of aromatic nitrogens is 3. The van der Waals surface area contributed by atoms with Crippen LogP contribution in [-0.4, -0.2) is 29.2 Å². The van der Waals surface area contributed by atoms with Crippen LogP contribution in [0.15, 0.2) is 41.4 Å². The second-order valence-electron chi connectivity index (χ2n) is 4.63. The van der Waals surface area contributed by atoms with E-state index in [9.17, 15) is 8.42 Å². The summed E-state index contributed by atoms with van der Waals surface area (Å²) in [6, 6.07) is 8.38. The Morgan fingerprint density at radius 3 is 2.52 bits per heavy atom. The molecule has 0 aliphatic rings. The van der Waals surface area contributed by atoms with Crippen molar-refractivity contribution in [2.75, 3.05) is 17.7 Å². The van der Waals surface area contributed by atoms with Gasteiger partial charge in [-0.05, 0) is 18.2 Å². The molecule has 0 aliphatic carbocycles. The molecule has 0 amide bonds. The fraction of sp³-hybridized carbons (Fsp3) is 0.0769. The first kappa shape index (κ1) is 13.4. The lowest BCUT2D eigenvalue weighted by atomic mass is 10.3. The van der Waals surface area contributed by atoms with E-state index < -0.39 is 9.84 Å². The van der Waals surface area contributed by atoms with Gasteiger partial charge in [0.05, 0.1) is 16.1 Å². The van der Waals surface area contributed by atoms with Crippen molar-refractivity contribution in [1.82, 2.24) is 14.5 Å². The number of hydrogen-bond acceptors (Lipinski definition) is 6. The number of benzene rings is 1. The number of rotatable bonds is 2. The molecule has 7 nitrogen and oxygen atoms in total. The van der Waals surface area contributed by atoms with Crippen molar-refractivity contribution in [3.8, 4) is 5.69 Å². The van der Waals surface area contributed by atoms with Gasteiger partial charge >= 0.3 is 0 Å². The molecule has 0 spiro atoms. The number of para-hydroxylation sites is 1. The van der Waals surface area contributed by atoms with Crippen LogP contribution in [0.3, 0.4) is 0 Å². The molecule has 3 aromatic rings. The summed E-state index contributed by atoms with van der Waals surface area (Å²) in [4.78, 5) is 8.22. The first-order valence-corrected chi connectivity index (χ1v) is 7.96. The molecule has 108 valence electrons. The standard InChI is InChI=1S/C13H13N5O2S/c1-21(19,20)10-5-3-2-4-9(10)18-7-6-8-11(18)12(14)17-13(15)16-8/h2-7H,1H3,(H4,14,15,16,17). The maximum atomic E-state index is 11.9. The Kier molecular flexibility index (Phi) is 2.84. The van der Waals surface area contributed by atoms with Gasteiger partial charge in [-0.25, -0.2) is 13.4 Å². The van der Waals surface area contributed by atoms with Crippen LogP contribution in [0.5, 0.6) is 0 Å². The third-order valence-corrected chi connectivity index (χ3v) is 4.25. The molecule has 1 aromatic carbocycles. The predicted octanol–water partition coefficient (Wildman–Crippen LogP) is 0.988. The number of nitrogen functional groups attached to an aromatic ring is 2. The van der Waals surface area contributed by atoms with Gasteiger partial charge in [0.25, 0.3) is 0 Å². The zero-order valence-corrected chi connectivity index (χ0v) is 12.0. The fourth-order valence-electron chi connectivity index (χ4n) is 2.26. The molecule has 0 fully saturated rings. The van der Waals surface area contributed by atoms with E-state index in [1.165, 1.54) is 0 Å². The SMILES string of the molecule is CS(=O)(=O)c1ccccc1-n1ccc2nc(N)nc(N)c21. The van der Waals surface area contributed by atoms with Crippen LogP contribution in [0.1, 0.15) is 0 Å². The lowest BCUT2D eigenvalue weighted by Crippen LogP contribution is -2.07. The Balaban J connectivity index is 2.38. The zero-order chi connectivity index (χ0) is 15.2. The monoisotopic (exact) mass is 303 g/mol. The van der Waals surface area contributed by atoms with Gasteiger partial charge < -0.3 is 16.0 Å². The number of nitrogens with two attached hydrogens (primary N) is 2. The fourth-order valence-corrected chi connectivity index (χ4v) is 3.13. The van der Waals surface area contributed by atoms with E-state index >= 15 is 0 Å². The highest BCUT2D eigenvalue weighted by Gasteiger charge is 2.17. The van der Waals surface area contributed by atoms with Gasteiger partial charge in [0.15, 0.2) is 15.7 Å². The molecule has 2 aromatic heterocycles. The molecule has 2 heterocycles. The van der Waals surface area contributed by atoms with Crippen LogP contribution in [0.25, 0.3) is 16.7 Å². The smallest absolute Gasteiger partial charge is 0.222 e. The number of fused-ring (bicyclic) bond motifs is 1. The minimum Gasteiger partial charge on any atom is -0.382 e. The number of hydrogen-bond donors (Lipinski definition) is 2. The average molecular weight is 303 g/mol. The van der Waals surface area contributed by atoms with Crippen LogP contribution in [0, 0.1) is 0 Å². The van der Waals surface area contributed by atoms with Gasteiger partial charge in [-0.1, -0.05) is 12.1 Å². The van der Waals surface area contributed by atoms with Crippen molar-refractivity contribution >= 4 is 32.6 Å². The van der Waals surface area contributed by atoms with Crippen molar-refractivity contribution in [2.45, 2.75) is 4.90 Å². The van der Waals surface area contributed by atoms with E-state index in [-0.39, 0.29) is 16.7 Å². The molecular weight excluding hydrogens is 290 g/mol. The van der Waals surface area contributed by atoms with Crippen molar-refractivity contribution < 1.29 is 8.42 Å². The van der Waals surface area contributed by atoms with Crippen LogP contribution >= 0.6 is 0 Å². The summed E-state index contributed by atoms with van der Waals surface area (Å²) < 4.78 is 25.5. The summed E-state index contributed by atoms with van der Waals surface area (Å²) in [5.41, 5.74) is 13.0. The summed E-state index contributed by atoms with van der Waals surface area (Å²) in [6.45, 7) is 0. The van der Waals surface area contributed by atoms with Crippen molar-refractivity contribution in [1.29, 1.82) is 0 Å². The van der Waals surface area contributed by atoms with E-state index in [0.717, 1.165) is 6.26 Å². The van der Waals surface area contributed by atoms with Crippen molar-refractivity contribution in [3.63, 3.8) is 0 Å². The average Bonchev–Trinajstić information content (AvgIpc) is 2.81. The molecule has 0 unspecified atom stereocenters. The Morgan fingerprint density at radius 1 is 1.10 bits per heavy atom. The van der Waals surface area contributed by atoms with Gasteiger partial charge in [-0.3, -0.25) is 0 Å². The molecule has 0 saturated carbocycles. The zero-order valence-electron chi connectivity index (χ0n) is 11.2. The van der Waals surface area contributed by atoms with Crippen LogP contribution < -0.4 is 11.5 Å². The second kappa shape index (κ2) is 4.45. The van der Waals surface area contributed by atoms with Gasteiger partial charge in [0, 0.05) is 12.5 Å². The van der Waals surface area contributed by atoms with Crippen LogP contribution in [0.4, 0.5) is 11.8 Å². The third-order valence-electron chi connectivity index (χ3n) is 3.10. The highest BCUT2D eigenvalue weighted by atomic mass is 32.2. The Hall–Kier alpha value is -2.61. The highest BCUT2D eigenvalue weighted by Crippen LogP contribution is 2.27. The van der Waals surface area contributed by atoms with Gasteiger partial charge in [-0.15, -0.1) is 0 Å². The Labute approximate surface area is 121 Å². The summed E-state index contributed by atoms with van der Waals surface area (Å²) in [5, 5.41) is 0. The first-order valence-electron chi connectivity index (χ1n) is 6.07. The molecule has 0 radical (unpaired) electrons. The molecule has 0 aliphatic heterocycles. The number of anilines is 2. The second-order valence-corrected chi connectivity index (χ2v) is 6.61. The van der Waals surface area contributed by atoms with Crippen LogP contribution in [-0.2, 0) is 9.84 Å². The number of nitrogens with zero attached hydrogens (tertiary/aromatic N) is 3. The first-order chi connectivity index (χ1) is 9.88. The Bertz CT molecular complexity index is 946. The minimum atomic E-state index is -3.38. The van der Waals surface area contributed by atoms with E-state index in [1.54, 1.807) is 41.1 Å². The molecular formula is C13H13N5O2S. The molecule has 0 atom stereocenters. The molecule has 8 heteroatoms. The van der Waals surface area contributed by atoms with E-state index in [4.69, 9.17) is 11.5 Å². The summed E-state index contributed by atoms with van der Waals surface area (Å²) in [6.07, 6.45) is 2.86. The van der Waals surface area contributed by atoms with Gasteiger partial charge in [0.2, 0.25) is 5.95 Å². The molecule has 4 N–H and O–H groups in total. The maximum Gasteiger partial charge on any atom is 0.222 e. The maximum absolute atomic E-state index is 11.9. The van der Waals surface area contributed by atoms with Gasteiger partial charge in [-0.2, -0.15) is 4.98 Å². The van der Waals surface area contributed by atoms with E-state index in [1.807, 2.05) is 0 Å². The normalized spacial score (nSPS) is 11.9. The molecule has 21 heavy (non-hydrogen) atoms. The highest BCUT2D eigenvalue weighted by molar-refractivity contribution is 7.90. The quantitative estimate of drug-likeness (QED) is 0.729. The lowest BCUT2D eigenvalue weighted by Gasteiger charge is -2.11. The van der Waals surface area contributed by atoms with E-state index in [2.05, 4.69) is 9.97 Å². The molecule has 3 rings (SSSR count). The van der Waals surface area contributed by atoms with Crippen molar-refractivity contribution in [2.24, 2.45) is 0 Å². The number of sulfone groups is 1. The lowest BCUT2D eigenvalue weighted by molar-refractivity contribution is 0.601. The molecule has 0 saturated heterocycles. The molecule has 0 bridgehead atoms. The van der Waals surface area contributed by atoms with Gasteiger partial charge in [0.1, 0.15) is 5.52 Å². The Morgan fingerprint density at radius 2 is 1.81 bits per heavy atom. The summed E-state index contributed by atoms with van der Waals surface area (Å²) in [5.74, 6) is 0.278. The minimum absolute atomic E-state index is 0.0779. The summed E-state index contributed by atoms with van der Waals surface area (Å²) >= 11 is 0. The third kappa shape index (κ3) is 2.19. The van der Waals surface area contributed by atoms with E-state index in [0.29, 0.717) is 16.7 Å². The largest absolute Gasteiger partial charge is 0.382 e. The van der Waals surface area contributed by atoms with Crippen LogP contribution in [0.2, 0.25) is 0 Å². The summed E-state index contributed by atoms with van der Waals surface area (Å²) in [7, 11) is -3.38. The topological polar surface area (TPSA) is 117 Å². The van der Waals surface area contributed by atoms with Crippen molar-refractivity contribution in [3.05, 3.63) is 36.5 Å².